The summed E-state index contributed by atoms with van der Waals surface area (Å²) in [5.74, 6) is 0.849. The number of anilines is 4. The molecule has 11 rings (SSSR count). The van der Waals surface area contributed by atoms with E-state index in [2.05, 4.69) is 231 Å². The van der Waals surface area contributed by atoms with Gasteiger partial charge < -0.3 is 19.3 Å². The molecule has 0 spiro atoms. The van der Waals surface area contributed by atoms with Crippen LogP contribution in [0.5, 0.6) is 0 Å². The Morgan fingerprint density at radius 1 is 0.379 bits per heavy atom. The van der Waals surface area contributed by atoms with Crippen LogP contribution < -0.4 is 14.7 Å². The Morgan fingerprint density at radius 3 is 1.15 bits per heavy atom. The Balaban J connectivity index is 0.000000168. The molecule has 2 aromatic heterocycles. The highest BCUT2D eigenvalue weighted by atomic mass is 16.1. The van der Waals surface area contributed by atoms with Gasteiger partial charge in [0.2, 0.25) is 0 Å². The van der Waals surface area contributed by atoms with Gasteiger partial charge in [-0.2, -0.15) is 0 Å². The fourth-order valence-electron chi connectivity index (χ4n) is 11.4. The van der Waals surface area contributed by atoms with Gasteiger partial charge >= 0.3 is 0 Å². The summed E-state index contributed by atoms with van der Waals surface area (Å²) in [6, 6.07) is 68.0. The number of carbonyl (C=O) groups excluding carboxylic acids is 3. The molecule has 1 saturated heterocycles. The van der Waals surface area contributed by atoms with E-state index < -0.39 is 0 Å². The molecule has 0 atom stereocenters. The third-order valence-electron chi connectivity index (χ3n) is 17.1. The minimum Gasteiger partial charge on any atom is -0.368 e. The SMILES string of the molecule is Cc1cc(C)cc(C(=O)CCCCn2ccnc2)c1.Cc1cc(C)cc(C(=O)CCc2cccnc2)c1.Cc1ccc(CCCC(=O)CCCc2ccc(C)cc2)cc1.Cc1ccc(N(C)c2ccc(C)cc2)cc1.Cc1ccc(N2CCN(c3ccc(C)cc3)CC2)cc1. The van der Waals surface area contributed by atoms with Crippen LogP contribution in [0.15, 0.2) is 225 Å². The first-order valence-corrected chi connectivity index (χ1v) is 34.0. The van der Waals surface area contributed by atoms with Crippen LogP contribution in [-0.4, -0.2) is 65.1 Å². The van der Waals surface area contributed by atoms with E-state index in [0.29, 0.717) is 31.5 Å². The lowest BCUT2D eigenvalue weighted by atomic mass is 10.00. The zero-order valence-electron chi connectivity index (χ0n) is 58.6. The number of aryl methyl sites for hydroxylation is 14. The molecule has 0 unspecified atom stereocenters. The molecule has 1 aliphatic rings. The molecule has 9 heteroatoms. The summed E-state index contributed by atoms with van der Waals surface area (Å²) in [5, 5.41) is 0. The largest absolute Gasteiger partial charge is 0.368 e. The quantitative estimate of drug-likeness (QED) is 0.0490. The van der Waals surface area contributed by atoms with Gasteiger partial charge in [-0.25, -0.2) is 4.98 Å². The van der Waals surface area contributed by atoms with E-state index in [0.717, 1.165) is 117 Å². The highest BCUT2D eigenvalue weighted by Gasteiger charge is 2.18. The molecule has 1 fully saturated rings. The van der Waals surface area contributed by atoms with Crippen molar-refractivity contribution in [3.05, 3.63) is 309 Å². The molecule has 10 aromatic rings. The first-order valence-electron chi connectivity index (χ1n) is 34.0. The van der Waals surface area contributed by atoms with E-state index in [1.807, 2.05) is 87.4 Å². The number of carbonyl (C=O) groups is 3. The third-order valence-corrected chi connectivity index (χ3v) is 17.1. The molecule has 0 amide bonds. The van der Waals surface area contributed by atoms with E-state index in [1.165, 1.54) is 67.3 Å². The lowest BCUT2D eigenvalue weighted by Gasteiger charge is -2.37. The number of rotatable bonds is 22. The number of imidazole rings is 1. The van der Waals surface area contributed by atoms with E-state index in [9.17, 15) is 14.4 Å². The highest BCUT2D eigenvalue weighted by molar-refractivity contribution is 5.97. The summed E-state index contributed by atoms with van der Waals surface area (Å²) in [4.78, 5) is 51.3. The number of nitrogens with zero attached hydrogens (tertiary/aromatic N) is 6. The zero-order chi connectivity index (χ0) is 67.9. The van der Waals surface area contributed by atoms with E-state index in [1.54, 1.807) is 12.4 Å². The van der Waals surface area contributed by atoms with Crippen LogP contribution in [0.25, 0.3) is 0 Å². The number of Topliss-reactive ketones (excluding diaryl/α,β-unsaturated/α-hetero) is 3. The van der Waals surface area contributed by atoms with Crippen molar-refractivity contribution in [2.75, 3.05) is 47.9 Å². The van der Waals surface area contributed by atoms with E-state index >= 15 is 0 Å². The van der Waals surface area contributed by atoms with Crippen LogP contribution >= 0.6 is 0 Å². The monoisotopic (exact) mass is 1270 g/mol. The van der Waals surface area contributed by atoms with Crippen LogP contribution in [0.2, 0.25) is 0 Å². The molecule has 0 aliphatic carbocycles. The lowest BCUT2D eigenvalue weighted by Crippen LogP contribution is -2.46. The van der Waals surface area contributed by atoms with Gasteiger partial charge in [-0.1, -0.05) is 171 Å². The number of pyridine rings is 1. The topological polar surface area (TPSA) is 91.6 Å². The van der Waals surface area contributed by atoms with Crippen molar-refractivity contribution >= 4 is 40.1 Å². The number of aromatic nitrogens is 3. The Labute approximate surface area is 569 Å². The fourth-order valence-corrected chi connectivity index (χ4v) is 11.4. The van der Waals surface area contributed by atoms with Crippen LogP contribution in [0.1, 0.15) is 144 Å². The normalized spacial score (nSPS) is 11.5. The maximum absolute atomic E-state index is 12.1. The molecule has 95 heavy (non-hydrogen) atoms. The average Bonchev–Trinajstić information content (AvgIpc) is 1.62. The maximum Gasteiger partial charge on any atom is 0.163 e. The van der Waals surface area contributed by atoms with Gasteiger partial charge in [0.25, 0.3) is 0 Å². The van der Waals surface area contributed by atoms with Crippen molar-refractivity contribution in [3.63, 3.8) is 0 Å². The van der Waals surface area contributed by atoms with Crippen LogP contribution in [0, 0.1) is 69.2 Å². The number of benzene rings is 8. The van der Waals surface area contributed by atoms with Gasteiger partial charge in [0, 0.05) is 124 Å². The van der Waals surface area contributed by atoms with Crippen LogP contribution in [0.3, 0.4) is 0 Å². The summed E-state index contributed by atoms with van der Waals surface area (Å²) in [5.41, 5.74) is 23.0. The van der Waals surface area contributed by atoms with Crippen LogP contribution in [0.4, 0.5) is 22.7 Å². The van der Waals surface area contributed by atoms with Crippen molar-refractivity contribution in [1.82, 2.24) is 14.5 Å². The second-order valence-corrected chi connectivity index (χ2v) is 25.8. The fraction of sp³-hybridized carbons (Fsp3) is 0.314. The smallest absolute Gasteiger partial charge is 0.163 e. The van der Waals surface area contributed by atoms with Gasteiger partial charge in [-0.3, -0.25) is 19.4 Å². The molecule has 0 bridgehead atoms. The van der Waals surface area contributed by atoms with Gasteiger partial charge in [-0.05, 0) is 210 Å². The Hall–Kier alpha value is -9.47. The summed E-state index contributed by atoms with van der Waals surface area (Å²) >= 11 is 0. The number of ketones is 3. The molecule has 0 radical (unpaired) electrons. The van der Waals surface area contributed by atoms with Crippen molar-refractivity contribution in [2.24, 2.45) is 0 Å². The summed E-state index contributed by atoms with van der Waals surface area (Å²) in [6.07, 6.45) is 18.3. The summed E-state index contributed by atoms with van der Waals surface area (Å²) in [6.45, 7) is 26.1. The van der Waals surface area contributed by atoms with Crippen LogP contribution in [-0.2, 0) is 30.6 Å². The Morgan fingerprint density at radius 2 is 0.768 bits per heavy atom. The minimum atomic E-state index is 0.200. The maximum atomic E-state index is 12.1. The summed E-state index contributed by atoms with van der Waals surface area (Å²) in [7, 11) is 2.09. The first-order chi connectivity index (χ1) is 45.8. The molecule has 1 aliphatic heterocycles. The number of unbranched alkanes of at least 4 members (excludes halogenated alkanes) is 1. The Kier molecular flexibility index (Phi) is 29.7. The minimum absolute atomic E-state index is 0.200. The van der Waals surface area contributed by atoms with Crippen molar-refractivity contribution < 1.29 is 14.4 Å². The molecule has 0 N–H and O–H groups in total. The van der Waals surface area contributed by atoms with Gasteiger partial charge in [-0.15, -0.1) is 0 Å². The number of hydrogen-bond acceptors (Lipinski definition) is 8. The Bertz CT molecular complexity index is 3680. The second kappa shape index (κ2) is 38.7. The van der Waals surface area contributed by atoms with Crippen molar-refractivity contribution in [3.8, 4) is 0 Å². The predicted octanol–water partition coefficient (Wildman–Crippen LogP) is 20.0. The number of piperazine rings is 1. The predicted molar refractivity (Wildman–Crippen MR) is 400 cm³/mol. The van der Waals surface area contributed by atoms with E-state index in [-0.39, 0.29) is 11.6 Å². The van der Waals surface area contributed by atoms with Crippen molar-refractivity contribution in [2.45, 2.75) is 146 Å². The van der Waals surface area contributed by atoms with Gasteiger partial charge in [0.05, 0.1) is 6.33 Å². The average molecular weight is 1270 g/mol. The molecule has 8 aromatic carbocycles. The molecule has 494 valence electrons. The van der Waals surface area contributed by atoms with Gasteiger partial charge in [0.1, 0.15) is 5.78 Å². The molecule has 9 nitrogen and oxygen atoms in total. The third kappa shape index (κ3) is 26.5. The first kappa shape index (κ1) is 72.9. The molecular formula is C86H102N6O3. The molecule has 3 heterocycles. The molecule has 0 saturated carbocycles. The van der Waals surface area contributed by atoms with Gasteiger partial charge in [0.15, 0.2) is 11.6 Å². The zero-order valence-corrected chi connectivity index (χ0v) is 58.6. The summed E-state index contributed by atoms with van der Waals surface area (Å²) < 4.78 is 2.04. The molecular weight excluding hydrogens is 1160 g/mol. The standard InChI is InChI=1S/C21H26O.C18H22N2.C16H20N2O.C16H17NO.C15H17N/c1-17-9-13-19(14-10-17)5-3-7-21(22)8-4-6-20-15-11-18(2)12-16-20;1-15-3-7-17(8-4-15)19-11-13-20(14-12-19)18-9-5-16(2)6-10-18;1-13-9-14(2)11-15(10-13)16(19)5-3-4-7-18-8-6-17-12-18;1-12-8-13(2)10-15(9-12)16(18)6-5-14-4-3-7-17-11-14;1-12-4-8-14(9-5-12)16(3)15-10-6-13(2)7-11-15/h9-16H,3-8H2,1-2H3;3-10H,11-14H2,1-2H3;6,8-12H,3-5,7H2,1-2H3;3-4,7-11H,5-6H2,1-2H3;4-11H,1-3H3. The second-order valence-electron chi connectivity index (χ2n) is 25.8. The van der Waals surface area contributed by atoms with E-state index in [4.69, 9.17) is 0 Å². The number of hydrogen-bond donors (Lipinski definition) is 0. The highest BCUT2D eigenvalue weighted by Crippen LogP contribution is 2.25. The van der Waals surface area contributed by atoms with Crippen molar-refractivity contribution in [1.29, 1.82) is 0 Å². The lowest BCUT2D eigenvalue weighted by molar-refractivity contribution is -0.119.